The van der Waals surface area contributed by atoms with Crippen molar-refractivity contribution in [2.75, 3.05) is 33.4 Å². The summed E-state index contributed by atoms with van der Waals surface area (Å²) in [5, 5.41) is 6.11. The highest BCUT2D eigenvalue weighted by atomic mass is 35.5. The highest BCUT2D eigenvalue weighted by molar-refractivity contribution is 7.92. The molecule has 1 amide bonds. The molecule has 1 heterocycles. The van der Waals surface area contributed by atoms with E-state index >= 15 is 0 Å². The van der Waals surface area contributed by atoms with Crippen molar-refractivity contribution in [1.29, 1.82) is 0 Å². The minimum absolute atomic E-state index is 0.00428. The van der Waals surface area contributed by atoms with Crippen molar-refractivity contribution in [3.05, 3.63) is 46.5 Å². The van der Waals surface area contributed by atoms with Crippen LogP contribution in [0.1, 0.15) is 48.5 Å². The molecule has 0 radical (unpaired) electrons. The van der Waals surface area contributed by atoms with Crippen molar-refractivity contribution in [3.63, 3.8) is 0 Å². The molecular weight excluding hydrogens is 526 g/mol. The lowest BCUT2D eigenvalue weighted by atomic mass is 9.90. The molecular formula is C24H30ClN3O6S2. The molecule has 0 aliphatic carbocycles. The Morgan fingerprint density at radius 2 is 1.97 bits per heavy atom. The van der Waals surface area contributed by atoms with Crippen LogP contribution in [0.15, 0.2) is 35.2 Å². The Morgan fingerprint density at radius 1 is 1.19 bits per heavy atom. The van der Waals surface area contributed by atoms with Gasteiger partial charge in [-0.25, -0.2) is 8.42 Å². The summed E-state index contributed by atoms with van der Waals surface area (Å²) in [4.78, 5) is 12.7. The number of hydrogen-bond acceptors (Lipinski definition) is 7. The average molecular weight is 556 g/mol. The highest BCUT2D eigenvalue weighted by Crippen LogP contribution is 2.41. The maximum absolute atomic E-state index is 13.1. The van der Waals surface area contributed by atoms with Crippen molar-refractivity contribution in [1.82, 2.24) is 15.4 Å². The lowest BCUT2D eigenvalue weighted by Gasteiger charge is -2.27. The number of thiocarbonyl (C=S) groups is 1. The zero-order chi connectivity index (χ0) is 26.3. The molecule has 9 nitrogen and oxygen atoms in total. The Morgan fingerprint density at radius 3 is 2.67 bits per heavy atom. The summed E-state index contributed by atoms with van der Waals surface area (Å²) >= 11 is 11.1. The van der Waals surface area contributed by atoms with E-state index in [9.17, 15) is 13.2 Å². The van der Waals surface area contributed by atoms with E-state index in [0.29, 0.717) is 54.6 Å². The number of sulfonamides is 1. The van der Waals surface area contributed by atoms with Gasteiger partial charge in [0.05, 0.1) is 25.9 Å². The maximum Gasteiger partial charge on any atom is 0.267 e. The second-order valence-electron chi connectivity index (χ2n) is 7.96. The Kier molecular flexibility index (Phi) is 9.63. The molecule has 0 saturated carbocycles. The standard InChI is InChI=1S/C24H30ClN3O6S2/c1-4-26-24(35)28-36(30,31)22-13-17-15(9-11-34-20(17)14-21(22)33-5-2)8-10-27-23(29)18-12-16(25)6-7-19(18)32-3/h6-7,12-15H,4-5,8-11H2,1-3H3,(H,27,29)(H2,26,28,35). The van der Waals surface area contributed by atoms with Crippen molar-refractivity contribution in [2.45, 2.75) is 37.5 Å². The van der Waals surface area contributed by atoms with Crippen LogP contribution in [0.5, 0.6) is 17.2 Å². The number of halogens is 1. The third-order valence-corrected chi connectivity index (χ3v) is 7.56. The van der Waals surface area contributed by atoms with Gasteiger partial charge in [0.15, 0.2) is 5.11 Å². The fourth-order valence-electron chi connectivity index (χ4n) is 3.93. The number of fused-ring (bicyclic) bond motifs is 1. The second kappa shape index (κ2) is 12.5. The molecule has 3 rings (SSSR count). The molecule has 2 aromatic carbocycles. The monoisotopic (exact) mass is 555 g/mol. The van der Waals surface area contributed by atoms with Gasteiger partial charge in [-0.1, -0.05) is 11.6 Å². The maximum atomic E-state index is 13.1. The molecule has 0 spiro atoms. The fraction of sp³-hybridized carbons (Fsp3) is 0.417. The van der Waals surface area contributed by atoms with E-state index in [-0.39, 0.29) is 34.2 Å². The van der Waals surface area contributed by atoms with Gasteiger partial charge in [0.2, 0.25) is 0 Å². The van der Waals surface area contributed by atoms with Gasteiger partial charge in [-0.3, -0.25) is 9.52 Å². The Bertz CT molecular complexity index is 1220. The van der Waals surface area contributed by atoms with E-state index in [1.54, 1.807) is 37.3 Å². The third-order valence-electron chi connectivity index (χ3n) is 5.58. The molecule has 1 atom stereocenters. The summed E-state index contributed by atoms with van der Waals surface area (Å²) < 4.78 is 45.3. The zero-order valence-corrected chi connectivity index (χ0v) is 22.7. The minimum Gasteiger partial charge on any atom is -0.496 e. The van der Waals surface area contributed by atoms with Crippen molar-refractivity contribution in [2.24, 2.45) is 0 Å². The van der Waals surface area contributed by atoms with Gasteiger partial charge in [-0.05, 0) is 74.7 Å². The smallest absolute Gasteiger partial charge is 0.267 e. The van der Waals surface area contributed by atoms with Crippen LogP contribution in [-0.4, -0.2) is 52.9 Å². The lowest BCUT2D eigenvalue weighted by molar-refractivity contribution is 0.0949. The van der Waals surface area contributed by atoms with Crippen LogP contribution in [0.4, 0.5) is 0 Å². The number of nitrogens with one attached hydrogen (secondary N) is 3. The molecule has 3 N–H and O–H groups in total. The predicted molar refractivity (Wildman–Crippen MR) is 142 cm³/mol. The van der Waals surface area contributed by atoms with Crippen LogP contribution in [-0.2, 0) is 10.0 Å². The lowest BCUT2D eigenvalue weighted by Crippen LogP contribution is -2.39. The van der Waals surface area contributed by atoms with E-state index in [1.807, 2.05) is 6.92 Å². The molecule has 36 heavy (non-hydrogen) atoms. The summed E-state index contributed by atoms with van der Waals surface area (Å²) in [6.45, 7) is 5.17. The predicted octanol–water partition coefficient (Wildman–Crippen LogP) is 3.61. The first-order chi connectivity index (χ1) is 17.2. The van der Waals surface area contributed by atoms with Crippen LogP contribution < -0.4 is 29.6 Å². The van der Waals surface area contributed by atoms with E-state index in [1.165, 1.54) is 7.11 Å². The molecule has 1 aliphatic heterocycles. The van der Waals surface area contributed by atoms with Crippen molar-refractivity contribution < 1.29 is 27.4 Å². The average Bonchev–Trinajstić information content (AvgIpc) is 2.83. The zero-order valence-electron chi connectivity index (χ0n) is 20.4. The van der Waals surface area contributed by atoms with Gasteiger partial charge in [-0.2, -0.15) is 0 Å². The van der Waals surface area contributed by atoms with E-state index in [4.69, 9.17) is 38.0 Å². The Labute approximate surface area is 221 Å². The first-order valence-electron chi connectivity index (χ1n) is 11.6. The third kappa shape index (κ3) is 6.71. The first kappa shape index (κ1) is 27.8. The molecule has 0 fully saturated rings. The van der Waals surface area contributed by atoms with Gasteiger partial charge in [0, 0.05) is 24.2 Å². The second-order valence-corrected chi connectivity index (χ2v) is 10.5. The number of hydrogen-bond donors (Lipinski definition) is 3. The summed E-state index contributed by atoms with van der Waals surface area (Å²) in [6, 6.07) is 8.02. The summed E-state index contributed by atoms with van der Waals surface area (Å²) in [7, 11) is -2.52. The molecule has 0 saturated heterocycles. The fourth-order valence-corrected chi connectivity index (χ4v) is 5.67. The van der Waals surface area contributed by atoms with Crippen LogP contribution in [0.3, 0.4) is 0 Å². The number of rotatable bonds is 10. The Balaban J connectivity index is 1.81. The van der Waals surface area contributed by atoms with Gasteiger partial charge in [-0.15, -0.1) is 0 Å². The summed E-state index contributed by atoms with van der Waals surface area (Å²) in [5.74, 6) is 0.823. The normalized spacial score (nSPS) is 14.7. The van der Waals surface area contributed by atoms with Gasteiger partial charge in [0.25, 0.3) is 15.9 Å². The van der Waals surface area contributed by atoms with E-state index in [2.05, 4.69) is 15.4 Å². The van der Waals surface area contributed by atoms with Crippen LogP contribution >= 0.6 is 23.8 Å². The molecule has 0 bridgehead atoms. The topological polar surface area (TPSA) is 115 Å². The molecule has 0 aromatic heterocycles. The van der Waals surface area contributed by atoms with Crippen LogP contribution in [0.2, 0.25) is 5.02 Å². The molecule has 196 valence electrons. The molecule has 1 unspecified atom stereocenters. The van der Waals surface area contributed by atoms with Crippen LogP contribution in [0.25, 0.3) is 0 Å². The van der Waals surface area contributed by atoms with Gasteiger partial charge >= 0.3 is 0 Å². The van der Waals surface area contributed by atoms with E-state index < -0.39 is 10.0 Å². The van der Waals surface area contributed by atoms with Gasteiger partial charge in [0.1, 0.15) is 22.1 Å². The summed E-state index contributed by atoms with van der Waals surface area (Å²) in [6.07, 6.45) is 1.24. The number of carbonyl (C=O) groups is 1. The Hall–Kier alpha value is -2.76. The van der Waals surface area contributed by atoms with Crippen molar-refractivity contribution in [3.8, 4) is 17.2 Å². The summed E-state index contributed by atoms with van der Waals surface area (Å²) in [5.41, 5.74) is 1.07. The first-order valence-corrected chi connectivity index (χ1v) is 13.8. The minimum atomic E-state index is -4.00. The van der Waals surface area contributed by atoms with Crippen molar-refractivity contribution >= 4 is 44.9 Å². The largest absolute Gasteiger partial charge is 0.496 e. The SMILES string of the molecule is CCNC(=S)NS(=O)(=O)c1cc2c(cc1OCC)OCCC2CCNC(=O)c1cc(Cl)ccc1OC. The number of benzene rings is 2. The number of amides is 1. The number of carbonyl (C=O) groups excluding carboxylic acids is 1. The van der Waals surface area contributed by atoms with E-state index in [0.717, 1.165) is 5.56 Å². The molecule has 2 aromatic rings. The molecule has 1 aliphatic rings. The molecule has 12 heteroatoms. The van der Waals surface area contributed by atoms with Crippen LogP contribution in [0, 0.1) is 0 Å². The number of methoxy groups -OCH3 is 1. The van der Waals surface area contributed by atoms with Gasteiger partial charge < -0.3 is 24.8 Å². The highest BCUT2D eigenvalue weighted by Gasteiger charge is 2.29. The quantitative estimate of drug-likeness (QED) is 0.381. The number of ether oxygens (including phenoxy) is 3.